The largest absolute Gasteiger partial charge is 0.504 e. The first-order chi connectivity index (χ1) is 6.81. The molecule has 0 aromatic carbocycles. The van der Waals surface area contributed by atoms with Gasteiger partial charge in [-0.3, -0.25) is 0 Å². The van der Waals surface area contributed by atoms with Crippen LogP contribution in [-0.2, 0) is 6.42 Å². The normalized spacial score (nSPS) is 10.9. The van der Waals surface area contributed by atoms with Gasteiger partial charge in [0.25, 0.3) is 0 Å². The van der Waals surface area contributed by atoms with Crippen LogP contribution in [0.3, 0.4) is 0 Å². The van der Waals surface area contributed by atoms with Crippen molar-refractivity contribution in [3.8, 4) is 5.75 Å². The smallest absolute Gasteiger partial charge is 0.179 e. The first kappa shape index (κ1) is 9.02. The number of nitrogens with zero attached hydrogens (tertiary/aromatic N) is 2. The minimum absolute atomic E-state index is 0.214. The fraction of sp³-hybridized carbons (Fsp3) is 0.300. The summed E-state index contributed by atoms with van der Waals surface area (Å²) in [5.74, 6) is 0.214. The van der Waals surface area contributed by atoms with E-state index in [1.807, 2.05) is 16.8 Å². The van der Waals surface area contributed by atoms with Crippen molar-refractivity contribution in [2.24, 2.45) is 5.73 Å². The lowest BCUT2D eigenvalue weighted by Crippen LogP contribution is -2.00. The van der Waals surface area contributed by atoms with Gasteiger partial charge in [0.15, 0.2) is 11.4 Å². The quantitative estimate of drug-likeness (QED) is 0.758. The van der Waals surface area contributed by atoms with Crippen LogP contribution in [0.5, 0.6) is 5.75 Å². The van der Waals surface area contributed by atoms with Crippen LogP contribution in [0.4, 0.5) is 0 Å². The summed E-state index contributed by atoms with van der Waals surface area (Å²) < 4.78 is 1.82. The van der Waals surface area contributed by atoms with E-state index in [1.54, 1.807) is 12.1 Å². The van der Waals surface area contributed by atoms with Crippen molar-refractivity contribution in [2.45, 2.75) is 12.8 Å². The third kappa shape index (κ3) is 1.56. The highest BCUT2D eigenvalue weighted by atomic mass is 16.3. The first-order valence-electron chi connectivity index (χ1n) is 4.67. The van der Waals surface area contributed by atoms with Gasteiger partial charge in [0.2, 0.25) is 0 Å². The molecule has 14 heavy (non-hydrogen) atoms. The third-order valence-electron chi connectivity index (χ3n) is 2.15. The predicted octanol–water partition coefficient (Wildman–Crippen LogP) is 0.931. The predicted molar refractivity (Wildman–Crippen MR) is 54.2 cm³/mol. The van der Waals surface area contributed by atoms with Crippen LogP contribution in [0, 0.1) is 0 Å². The molecule has 3 N–H and O–H groups in total. The summed E-state index contributed by atoms with van der Waals surface area (Å²) in [4.78, 5) is 4.31. The molecule has 0 radical (unpaired) electrons. The van der Waals surface area contributed by atoms with Crippen LogP contribution in [0.1, 0.15) is 12.1 Å². The standard InChI is InChI=1S/C10H13N3O/c11-5-1-3-8-7-13-6-2-4-9(14)10(13)12-8/h2,4,6-7,14H,1,3,5,11H2. The van der Waals surface area contributed by atoms with E-state index in [9.17, 15) is 5.11 Å². The number of aryl methyl sites for hydroxylation is 1. The van der Waals surface area contributed by atoms with E-state index >= 15 is 0 Å². The minimum Gasteiger partial charge on any atom is -0.504 e. The zero-order chi connectivity index (χ0) is 9.97. The van der Waals surface area contributed by atoms with Crippen LogP contribution in [0.15, 0.2) is 24.5 Å². The molecule has 2 aromatic heterocycles. The summed E-state index contributed by atoms with van der Waals surface area (Å²) in [5, 5.41) is 9.50. The highest BCUT2D eigenvalue weighted by Gasteiger charge is 2.03. The maximum atomic E-state index is 9.50. The Hall–Kier alpha value is -1.55. The molecule has 0 bridgehead atoms. The number of rotatable bonds is 3. The van der Waals surface area contributed by atoms with Crippen LogP contribution >= 0.6 is 0 Å². The summed E-state index contributed by atoms with van der Waals surface area (Å²) in [5.41, 5.74) is 7.00. The number of aromatic hydroxyl groups is 1. The molecular formula is C10H13N3O. The Bertz CT molecular complexity index is 436. The van der Waals surface area contributed by atoms with Crippen molar-refractivity contribution in [1.29, 1.82) is 0 Å². The van der Waals surface area contributed by atoms with Crippen LogP contribution < -0.4 is 5.73 Å². The van der Waals surface area contributed by atoms with Gasteiger partial charge in [-0.05, 0) is 31.5 Å². The molecule has 2 heterocycles. The van der Waals surface area contributed by atoms with Gasteiger partial charge in [-0.2, -0.15) is 0 Å². The lowest BCUT2D eigenvalue weighted by molar-refractivity contribution is 0.477. The van der Waals surface area contributed by atoms with E-state index < -0.39 is 0 Å². The van der Waals surface area contributed by atoms with Gasteiger partial charge in [-0.15, -0.1) is 0 Å². The van der Waals surface area contributed by atoms with E-state index in [1.165, 1.54) is 0 Å². The number of fused-ring (bicyclic) bond motifs is 1. The van der Waals surface area contributed by atoms with Gasteiger partial charge in [-0.1, -0.05) is 0 Å². The fourth-order valence-corrected chi connectivity index (χ4v) is 1.45. The van der Waals surface area contributed by atoms with Gasteiger partial charge in [0, 0.05) is 12.4 Å². The average Bonchev–Trinajstić information content (AvgIpc) is 2.59. The molecule has 0 aliphatic carbocycles. The highest BCUT2D eigenvalue weighted by Crippen LogP contribution is 2.17. The summed E-state index contributed by atoms with van der Waals surface area (Å²) >= 11 is 0. The zero-order valence-corrected chi connectivity index (χ0v) is 7.85. The van der Waals surface area contributed by atoms with Gasteiger partial charge in [0.1, 0.15) is 0 Å². The Morgan fingerprint density at radius 1 is 1.50 bits per heavy atom. The number of pyridine rings is 1. The molecule has 0 saturated heterocycles. The molecule has 0 aliphatic heterocycles. The molecule has 4 nitrogen and oxygen atoms in total. The van der Waals surface area contributed by atoms with E-state index in [-0.39, 0.29) is 5.75 Å². The van der Waals surface area contributed by atoms with Crippen molar-refractivity contribution in [3.05, 3.63) is 30.2 Å². The number of imidazole rings is 1. The van der Waals surface area contributed by atoms with Gasteiger partial charge < -0.3 is 15.2 Å². The Balaban J connectivity index is 2.36. The van der Waals surface area contributed by atoms with Crippen molar-refractivity contribution in [2.75, 3.05) is 6.54 Å². The molecule has 0 spiro atoms. The summed E-state index contributed by atoms with van der Waals surface area (Å²) in [6.07, 6.45) is 5.57. The fourth-order valence-electron chi connectivity index (χ4n) is 1.45. The molecule has 2 rings (SSSR count). The van der Waals surface area contributed by atoms with E-state index in [0.717, 1.165) is 18.5 Å². The number of nitrogens with two attached hydrogens (primary N) is 1. The summed E-state index contributed by atoms with van der Waals surface area (Å²) in [7, 11) is 0. The Kier molecular flexibility index (Phi) is 2.37. The van der Waals surface area contributed by atoms with Gasteiger partial charge in [0.05, 0.1) is 5.69 Å². The summed E-state index contributed by atoms with van der Waals surface area (Å²) in [6, 6.07) is 3.42. The van der Waals surface area contributed by atoms with E-state index in [2.05, 4.69) is 4.98 Å². The number of aromatic nitrogens is 2. The lowest BCUT2D eigenvalue weighted by atomic mass is 10.2. The Labute approximate surface area is 82.0 Å². The average molecular weight is 191 g/mol. The van der Waals surface area contributed by atoms with E-state index in [4.69, 9.17) is 5.73 Å². The summed E-state index contributed by atoms with van der Waals surface area (Å²) in [6.45, 7) is 0.667. The second kappa shape index (κ2) is 3.67. The molecule has 2 aromatic rings. The minimum atomic E-state index is 0.214. The Morgan fingerprint density at radius 2 is 2.36 bits per heavy atom. The van der Waals surface area contributed by atoms with Crippen molar-refractivity contribution < 1.29 is 5.11 Å². The zero-order valence-electron chi connectivity index (χ0n) is 7.85. The van der Waals surface area contributed by atoms with E-state index in [0.29, 0.717) is 12.2 Å². The van der Waals surface area contributed by atoms with Crippen LogP contribution in [0.2, 0.25) is 0 Å². The van der Waals surface area contributed by atoms with Crippen LogP contribution in [0.25, 0.3) is 5.65 Å². The SMILES string of the molecule is NCCCc1cn2cccc(O)c2n1. The number of hydrogen-bond donors (Lipinski definition) is 2. The Morgan fingerprint density at radius 3 is 3.07 bits per heavy atom. The van der Waals surface area contributed by atoms with Crippen LogP contribution in [-0.4, -0.2) is 21.0 Å². The third-order valence-corrected chi connectivity index (χ3v) is 2.15. The lowest BCUT2D eigenvalue weighted by Gasteiger charge is -1.92. The van der Waals surface area contributed by atoms with Crippen molar-refractivity contribution >= 4 is 5.65 Å². The first-order valence-corrected chi connectivity index (χ1v) is 4.67. The monoisotopic (exact) mass is 191 g/mol. The molecule has 0 amide bonds. The molecule has 4 heteroatoms. The maximum Gasteiger partial charge on any atom is 0.179 e. The highest BCUT2D eigenvalue weighted by molar-refractivity contribution is 5.53. The molecule has 0 atom stereocenters. The maximum absolute atomic E-state index is 9.50. The second-order valence-electron chi connectivity index (χ2n) is 3.25. The molecule has 0 aliphatic rings. The molecule has 0 saturated carbocycles. The topological polar surface area (TPSA) is 63.5 Å². The van der Waals surface area contributed by atoms with Crippen molar-refractivity contribution in [1.82, 2.24) is 9.38 Å². The number of hydrogen-bond acceptors (Lipinski definition) is 3. The second-order valence-corrected chi connectivity index (χ2v) is 3.25. The van der Waals surface area contributed by atoms with Crippen molar-refractivity contribution in [3.63, 3.8) is 0 Å². The molecular weight excluding hydrogens is 178 g/mol. The molecule has 74 valence electrons. The van der Waals surface area contributed by atoms with Gasteiger partial charge in [-0.25, -0.2) is 4.98 Å². The molecule has 0 fully saturated rings. The molecule has 0 unspecified atom stereocenters. The van der Waals surface area contributed by atoms with Gasteiger partial charge >= 0.3 is 0 Å².